The summed E-state index contributed by atoms with van der Waals surface area (Å²) in [4.78, 5) is 15.3. The molecule has 1 aliphatic rings. The standard InChI is InChI=1S/C18H19N5O2/c24-12-15-10-13(6-7-19-15)18-21-17(22-25-18)14-4-5-16(20-11-14)23-8-2-1-3-9-23/h4-7,10-11,24H,1-3,8-9,12H2. The first-order valence-corrected chi connectivity index (χ1v) is 8.45. The van der Waals surface area contributed by atoms with Gasteiger partial charge in [-0.2, -0.15) is 4.98 Å². The monoisotopic (exact) mass is 337 g/mol. The van der Waals surface area contributed by atoms with Crippen molar-refractivity contribution in [3.63, 3.8) is 0 Å². The first-order chi connectivity index (χ1) is 12.3. The summed E-state index contributed by atoms with van der Waals surface area (Å²) in [5.41, 5.74) is 2.10. The van der Waals surface area contributed by atoms with Crippen LogP contribution < -0.4 is 4.90 Å². The van der Waals surface area contributed by atoms with E-state index >= 15 is 0 Å². The average Bonchev–Trinajstić information content (AvgIpc) is 3.19. The maximum atomic E-state index is 9.18. The van der Waals surface area contributed by atoms with Crippen LogP contribution in [0.3, 0.4) is 0 Å². The summed E-state index contributed by atoms with van der Waals surface area (Å²) in [6.45, 7) is 2.00. The number of aromatic nitrogens is 4. The Bertz CT molecular complexity index is 841. The van der Waals surface area contributed by atoms with Crippen LogP contribution in [0.5, 0.6) is 0 Å². The molecule has 0 spiro atoms. The second kappa shape index (κ2) is 6.98. The van der Waals surface area contributed by atoms with Crippen molar-refractivity contribution >= 4 is 5.82 Å². The first-order valence-electron chi connectivity index (χ1n) is 8.45. The topological polar surface area (TPSA) is 88.2 Å². The Hall–Kier alpha value is -2.80. The van der Waals surface area contributed by atoms with Crippen molar-refractivity contribution in [1.82, 2.24) is 20.1 Å². The second-order valence-electron chi connectivity index (χ2n) is 6.07. The third-order valence-electron chi connectivity index (χ3n) is 4.34. The van der Waals surface area contributed by atoms with Gasteiger partial charge in [0.2, 0.25) is 5.82 Å². The van der Waals surface area contributed by atoms with Gasteiger partial charge in [-0.3, -0.25) is 4.98 Å². The minimum absolute atomic E-state index is 0.128. The van der Waals surface area contributed by atoms with E-state index in [1.807, 2.05) is 12.1 Å². The molecule has 7 nitrogen and oxygen atoms in total. The van der Waals surface area contributed by atoms with E-state index in [9.17, 15) is 5.11 Å². The van der Waals surface area contributed by atoms with E-state index in [4.69, 9.17) is 4.52 Å². The van der Waals surface area contributed by atoms with Gasteiger partial charge in [0, 0.05) is 36.6 Å². The van der Waals surface area contributed by atoms with Crippen LogP contribution in [-0.2, 0) is 6.61 Å². The molecular formula is C18H19N5O2. The number of hydrogen-bond acceptors (Lipinski definition) is 7. The first kappa shape index (κ1) is 15.7. The maximum Gasteiger partial charge on any atom is 0.258 e. The van der Waals surface area contributed by atoms with Gasteiger partial charge < -0.3 is 14.5 Å². The minimum Gasteiger partial charge on any atom is -0.390 e. The largest absolute Gasteiger partial charge is 0.390 e. The summed E-state index contributed by atoms with van der Waals surface area (Å²) in [5.74, 6) is 1.89. The van der Waals surface area contributed by atoms with Crippen molar-refractivity contribution in [2.75, 3.05) is 18.0 Å². The Morgan fingerprint density at radius 2 is 1.92 bits per heavy atom. The van der Waals surface area contributed by atoms with E-state index in [2.05, 4.69) is 25.0 Å². The highest BCUT2D eigenvalue weighted by molar-refractivity contribution is 5.60. The van der Waals surface area contributed by atoms with Gasteiger partial charge in [0.05, 0.1) is 12.3 Å². The SMILES string of the molecule is OCc1cc(-c2nc(-c3ccc(N4CCCCC4)nc3)no2)ccn1. The number of aliphatic hydroxyl groups is 1. The zero-order valence-electron chi connectivity index (χ0n) is 13.8. The molecule has 0 radical (unpaired) electrons. The van der Waals surface area contributed by atoms with E-state index in [-0.39, 0.29) is 6.61 Å². The number of rotatable bonds is 4. The number of nitrogens with zero attached hydrogens (tertiary/aromatic N) is 5. The van der Waals surface area contributed by atoms with Crippen LogP contribution in [0, 0.1) is 0 Å². The number of hydrogen-bond donors (Lipinski definition) is 1. The van der Waals surface area contributed by atoms with Gasteiger partial charge in [-0.1, -0.05) is 5.16 Å². The van der Waals surface area contributed by atoms with Crippen molar-refractivity contribution in [1.29, 1.82) is 0 Å². The van der Waals surface area contributed by atoms with E-state index in [1.165, 1.54) is 19.3 Å². The summed E-state index contributed by atoms with van der Waals surface area (Å²) in [7, 11) is 0. The fourth-order valence-corrected chi connectivity index (χ4v) is 2.98. The van der Waals surface area contributed by atoms with Gasteiger partial charge >= 0.3 is 0 Å². The van der Waals surface area contributed by atoms with Crippen molar-refractivity contribution in [2.45, 2.75) is 25.9 Å². The summed E-state index contributed by atoms with van der Waals surface area (Å²) in [6.07, 6.45) is 7.13. The molecule has 0 atom stereocenters. The molecule has 25 heavy (non-hydrogen) atoms. The van der Waals surface area contributed by atoms with Crippen LogP contribution in [0.15, 0.2) is 41.2 Å². The van der Waals surface area contributed by atoms with Gasteiger partial charge in [0.15, 0.2) is 0 Å². The lowest BCUT2D eigenvalue weighted by atomic mass is 10.1. The quantitative estimate of drug-likeness (QED) is 0.783. The molecule has 4 heterocycles. The molecule has 0 aliphatic carbocycles. The molecule has 128 valence electrons. The average molecular weight is 337 g/mol. The Balaban J connectivity index is 1.55. The molecule has 1 N–H and O–H groups in total. The summed E-state index contributed by atoms with van der Waals surface area (Å²) in [5, 5.41) is 13.2. The summed E-state index contributed by atoms with van der Waals surface area (Å²) in [6, 6.07) is 7.48. The molecule has 0 unspecified atom stereocenters. The lowest BCUT2D eigenvalue weighted by Gasteiger charge is -2.27. The normalized spacial score (nSPS) is 14.7. The lowest BCUT2D eigenvalue weighted by Crippen LogP contribution is -2.29. The number of aliphatic hydroxyl groups excluding tert-OH is 1. The van der Waals surface area contributed by atoms with Crippen molar-refractivity contribution in [3.8, 4) is 22.8 Å². The molecule has 0 amide bonds. The molecule has 1 fully saturated rings. The smallest absolute Gasteiger partial charge is 0.258 e. The molecule has 0 aromatic carbocycles. The Labute approximate surface area is 145 Å². The van der Waals surface area contributed by atoms with E-state index in [1.54, 1.807) is 24.5 Å². The molecule has 1 saturated heterocycles. The maximum absolute atomic E-state index is 9.18. The fourth-order valence-electron chi connectivity index (χ4n) is 2.98. The highest BCUT2D eigenvalue weighted by Gasteiger charge is 2.14. The number of anilines is 1. The second-order valence-corrected chi connectivity index (χ2v) is 6.07. The molecule has 1 aliphatic heterocycles. The van der Waals surface area contributed by atoms with E-state index in [0.717, 1.165) is 30.0 Å². The third-order valence-corrected chi connectivity index (χ3v) is 4.34. The molecule has 4 rings (SSSR count). The van der Waals surface area contributed by atoms with Crippen LogP contribution in [0.4, 0.5) is 5.82 Å². The molecule has 0 saturated carbocycles. The zero-order valence-corrected chi connectivity index (χ0v) is 13.8. The highest BCUT2D eigenvalue weighted by Crippen LogP contribution is 2.24. The van der Waals surface area contributed by atoms with Crippen LogP contribution in [0.25, 0.3) is 22.8 Å². The van der Waals surface area contributed by atoms with Gasteiger partial charge in [-0.05, 0) is 43.5 Å². The predicted molar refractivity (Wildman–Crippen MR) is 92.7 cm³/mol. The lowest BCUT2D eigenvalue weighted by molar-refractivity contribution is 0.277. The van der Waals surface area contributed by atoms with Gasteiger partial charge in [-0.15, -0.1) is 0 Å². The van der Waals surface area contributed by atoms with E-state index < -0.39 is 0 Å². The van der Waals surface area contributed by atoms with Gasteiger partial charge in [-0.25, -0.2) is 4.98 Å². The number of piperidine rings is 1. The van der Waals surface area contributed by atoms with Gasteiger partial charge in [0.1, 0.15) is 5.82 Å². The summed E-state index contributed by atoms with van der Waals surface area (Å²) >= 11 is 0. The Kier molecular flexibility index (Phi) is 4.39. The van der Waals surface area contributed by atoms with Crippen LogP contribution in [-0.4, -0.2) is 38.3 Å². The zero-order chi connectivity index (χ0) is 17.1. The molecule has 0 bridgehead atoms. The van der Waals surface area contributed by atoms with Crippen LogP contribution >= 0.6 is 0 Å². The van der Waals surface area contributed by atoms with Crippen molar-refractivity contribution < 1.29 is 9.63 Å². The third kappa shape index (κ3) is 3.36. The fraction of sp³-hybridized carbons (Fsp3) is 0.333. The van der Waals surface area contributed by atoms with Crippen molar-refractivity contribution in [2.24, 2.45) is 0 Å². The van der Waals surface area contributed by atoms with E-state index in [0.29, 0.717) is 17.4 Å². The predicted octanol–water partition coefficient (Wildman–Crippen LogP) is 2.68. The van der Waals surface area contributed by atoms with Crippen molar-refractivity contribution in [3.05, 3.63) is 42.4 Å². The molecular weight excluding hydrogens is 318 g/mol. The summed E-state index contributed by atoms with van der Waals surface area (Å²) < 4.78 is 5.34. The van der Waals surface area contributed by atoms with Crippen LogP contribution in [0.2, 0.25) is 0 Å². The minimum atomic E-state index is -0.128. The Morgan fingerprint density at radius 1 is 1.04 bits per heavy atom. The van der Waals surface area contributed by atoms with Gasteiger partial charge in [0.25, 0.3) is 5.89 Å². The Morgan fingerprint density at radius 3 is 2.68 bits per heavy atom. The molecule has 7 heteroatoms. The molecule has 3 aromatic rings. The molecule has 3 aromatic heterocycles. The highest BCUT2D eigenvalue weighted by atomic mass is 16.5. The van der Waals surface area contributed by atoms with Crippen LogP contribution in [0.1, 0.15) is 25.0 Å². The number of pyridine rings is 2.